The zero-order valence-electron chi connectivity index (χ0n) is 14.4. The van der Waals surface area contributed by atoms with Crippen molar-refractivity contribution in [1.29, 1.82) is 0 Å². The van der Waals surface area contributed by atoms with Gasteiger partial charge < -0.3 is 15.3 Å². The Hall–Kier alpha value is -1.59. The molecule has 1 atom stereocenters. The molecule has 2 aliphatic rings. The summed E-state index contributed by atoms with van der Waals surface area (Å²) in [5.41, 5.74) is 2.45. The number of β-amino-alcohol motifs (C(OH)–C–C–N with tert-alkyl or cyclic N) is 1. The average Bonchev–Trinajstić information content (AvgIpc) is 2.62. The SMILES string of the molecule is O=C(NCc1ccc(CN2CCCCC2)cc1)N1CCCC(O)C1. The third-order valence-electron chi connectivity index (χ3n) is 5.01. The van der Waals surface area contributed by atoms with Crippen molar-refractivity contribution in [3.05, 3.63) is 35.4 Å². The first-order chi connectivity index (χ1) is 11.7. The Bertz CT molecular complexity index is 526. The first-order valence-corrected chi connectivity index (χ1v) is 9.22. The highest BCUT2D eigenvalue weighted by atomic mass is 16.3. The first-order valence-electron chi connectivity index (χ1n) is 9.22. The monoisotopic (exact) mass is 331 g/mol. The minimum atomic E-state index is -0.376. The van der Waals surface area contributed by atoms with Gasteiger partial charge in [0.1, 0.15) is 0 Å². The normalized spacial score (nSPS) is 22.4. The number of likely N-dealkylation sites (tertiary alicyclic amines) is 2. The molecular weight excluding hydrogens is 302 g/mol. The Morgan fingerprint density at radius 3 is 2.46 bits per heavy atom. The van der Waals surface area contributed by atoms with Crippen LogP contribution in [0, 0.1) is 0 Å². The number of nitrogens with zero attached hydrogens (tertiary/aromatic N) is 2. The molecule has 2 heterocycles. The maximum absolute atomic E-state index is 12.1. The van der Waals surface area contributed by atoms with E-state index < -0.39 is 0 Å². The molecule has 3 rings (SSSR count). The van der Waals surface area contributed by atoms with Crippen molar-refractivity contribution < 1.29 is 9.90 Å². The van der Waals surface area contributed by atoms with Gasteiger partial charge in [-0.15, -0.1) is 0 Å². The molecule has 2 amide bonds. The molecule has 132 valence electrons. The van der Waals surface area contributed by atoms with Crippen LogP contribution in [0.3, 0.4) is 0 Å². The van der Waals surface area contributed by atoms with E-state index in [0.29, 0.717) is 13.1 Å². The topological polar surface area (TPSA) is 55.8 Å². The molecule has 5 heteroatoms. The van der Waals surface area contributed by atoms with E-state index in [4.69, 9.17) is 0 Å². The lowest BCUT2D eigenvalue weighted by Crippen LogP contribution is -2.46. The molecule has 1 aromatic rings. The van der Waals surface area contributed by atoms with Crippen LogP contribution < -0.4 is 5.32 Å². The summed E-state index contributed by atoms with van der Waals surface area (Å²) in [5.74, 6) is 0. The molecular formula is C19H29N3O2. The minimum absolute atomic E-state index is 0.0776. The number of aliphatic hydroxyl groups is 1. The molecule has 0 aliphatic carbocycles. The molecule has 1 unspecified atom stereocenters. The van der Waals surface area contributed by atoms with Crippen LogP contribution >= 0.6 is 0 Å². The second-order valence-corrected chi connectivity index (χ2v) is 7.05. The number of carbonyl (C=O) groups is 1. The molecule has 2 saturated heterocycles. The standard InChI is InChI=1S/C19H29N3O2/c23-18-5-4-12-22(15-18)19(24)20-13-16-6-8-17(9-7-16)14-21-10-2-1-3-11-21/h6-9,18,23H,1-5,10-15H2,(H,20,24). The van der Waals surface area contributed by atoms with Gasteiger partial charge in [0.25, 0.3) is 0 Å². The Kier molecular flexibility index (Phi) is 6.10. The van der Waals surface area contributed by atoms with Crippen molar-refractivity contribution in [2.45, 2.75) is 51.3 Å². The third kappa shape index (κ3) is 4.95. The van der Waals surface area contributed by atoms with Crippen LogP contribution in [0.2, 0.25) is 0 Å². The van der Waals surface area contributed by atoms with Crippen molar-refractivity contribution >= 4 is 6.03 Å². The summed E-state index contributed by atoms with van der Waals surface area (Å²) in [6, 6.07) is 8.46. The smallest absolute Gasteiger partial charge is 0.317 e. The molecule has 2 fully saturated rings. The van der Waals surface area contributed by atoms with Crippen LogP contribution in [0.5, 0.6) is 0 Å². The highest BCUT2D eigenvalue weighted by Gasteiger charge is 2.21. The van der Waals surface area contributed by atoms with Gasteiger partial charge in [0.2, 0.25) is 0 Å². The lowest BCUT2D eigenvalue weighted by molar-refractivity contribution is 0.0842. The summed E-state index contributed by atoms with van der Waals surface area (Å²) in [6.07, 6.45) is 5.29. The van der Waals surface area contributed by atoms with Crippen LogP contribution in [0.25, 0.3) is 0 Å². The summed E-state index contributed by atoms with van der Waals surface area (Å²) < 4.78 is 0. The average molecular weight is 331 g/mol. The number of carbonyl (C=O) groups excluding carboxylic acids is 1. The van der Waals surface area contributed by atoms with Gasteiger partial charge in [0.15, 0.2) is 0 Å². The van der Waals surface area contributed by atoms with E-state index in [1.165, 1.54) is 37.9 Å². The fourth-order valence-electron chi connectivity index (χ4n) is 3.57. The quantitative estimate of drug-likeness (QED) is 0.890. The second kappa shape index (κ2) is 8.49. The highest BCUT2D eigenvalue weighted by molar-refractivity contribution is 5.74. The van der Waals surface area contributed by atoms with Gasteiger partial charge in [-0.25, -0.2) is 4.79 Å². The third-order valence-corrected chi connectivity index (χ3v) is 5.01. The van der Waals surface area contributed by atoms with Crippen molar-refractivity contribution in [3.63, 3.8) is 0 Å². The first kappa shape index (κ1) is 17.2. The van der Waals surface area contributed by atoms with Crippen LogP contribution in [0.15, 0.2) is 24.3 Å². The van der Waals surface area contributed by atoms with Crippen molar-refractivity contribution in [1.82, 2.24) is 15.1 Å². The summed E-state index contributed by atoms with van der Waals surface area (Å²) in [4.78, 5) is 16.4. The van der Waals surface area contributed by atoms with E-state index in [1.54, 1.807) is 4.90 Å². The second-order valence-electron chi connectivity index (χ2n) is 7.05. The molecule has 1 aromatic carbocycles. The van der Waals surface area contributed by atoms with E-state index in [1.807, 2.05) is 0 Å². The number of benzene rings is 1. The zero-order chi connectivity index (χ0) is 16.8. The lowest BCUT2D eigenvalue weighted by atomic mass is 10.1. The summed E-state index contributed by atoms with van der Waals surface area (Å²) in [6.45, 7) is 5.16. The highest BCUT2D eigenvalue weighted by Crippen LogP contribution is 2.14. The summed E-state index contributed by atoms with van der Waals surface area (Å²) in [5, 5.41) is 12.6. The van der Waals surface area contributed by atoms with Gasteiger partial charge in [0, 0.05) is 26.2 Å². The van der Waals surface area contributed by atoms with E-state index >= 15 is 0 Å². The number of nitrogens with one attached hydrogen (secondary N) is 1. The summed E-state index contributed by atoms with van der Waals surface area (Å²) in [7, 11) is 0. The molecule has 2 aliphatic heterocycles. The molecule has 0 aromatic heterocycles. The Morgan fingerprint density at radius 2 is 1.75 bits per heavy atom. The molecule has 24 heavy (non-hydrogen) atoms. The fourth-order valence-corrected chi connectivity index (χ4v) is 3.57. The van der Waals surface area contributed by atoms with E-state index in [2.05, 4.69) is 34.5 Å². The molecule has 0 radical (unpaired) electrons. The minimum Gasteiger partial charge on any atom is -0.391 e. The maximum Gasteiger partial charge on any atom is 0.317 e. The molecule has 2 N–H and O–H groups in total. The predicted octanol–water partition coefficient (Wildman–Crippen LogP) is 2.34. The van der Waals surface area contributed by atoms with E-state index in [0.717, 1.165) is 31.5 Å². The number of rotatable bonds is 4. The molecule has 0 saturated carbocycles. The Balaban J connectivity index is 1.44. The fraction of sp³-hybridized carbons (Fsp3) is 0.632. The number of hydrogen-bond donors (Lipinski definition) is 2. The van der Waals surface area contributed by atoms with E-state index in [9.17, 15) is 9.90 Å². The van der Waals surface area contributed by atoms with Gasteiger partial charge >= 0.3 is 6.03 Å². The predicted molar refractivity (Wildman–Crippen MR) is 94.6 cm³/mol. The molecule has 0 bridgehead atoms. The van der Waals surface area contributed by atoms with Crippen LogP contribution in [0.4, 0.5) is 4.79 Å². The maximum atomic E-state index is 12.1. The van der Waals surface area contributed by atoms with Crippen molar-refractivity contribution in [3.8, 4) is 0 Å². The number of aliphatic hydroxyl groups excluding tert-OH is 1. The Morgan fingerprint density at radius 1 is 1.04 bits per heavy atom. The van der Waals surface area contributed by atoms with Crippen LogP contribution in [-0.4, -0.2) is 53.2 Å². The largest absolute Gasteiger partial charge is 0.391 e. The van der Waals surface area contributed by atoms with Gasteiger partial charge in [0.05, 0.1) is 6.10 Å². The van der Waals surface area contributed by atoms with Crippen molar-refractivity contribution in [2.24, 2.45) is 0 Å². The number of amides is 2. The number of hydrogen-bond acceptors (Lipinski definition) is 3. The van der Waals surface area contributed by atoms with E-state index in [-0.39, 0.29) is 12.1 Å². The van der Waals surface area contributed by atoms with Gasteiger partial charge in [-0.2, -0.15) is 0 Å². The number of urea groups is 1. The van der Waals surface area contributed by atoms with Gasteiger partial charge in [-0.05, 0) is 49.9 Å². The van der Waals surface area contributed by atoms with Crippen molar-refractivity contribution in [2.75, 3.05) is 26.2 Å². The van der Waals surface area contributed by atoms with Gasteiger partial charge in [-0.3, -0.25) is 4.90 Å². The van der Waals surface area contributed by atoms with Crippen LogP contribution in [0.1, 0.15) is 43.2 Å². The van der Waals surface area contributed by atoms with Gasteiger partial charge in [-0.1, -0.05) is 30.7 Å². The summed E-state index contributed by atoms with van der Waals surface area (Å²) >= 11 is 0. The molecule has 5 nitrogen and oxygen atoms in total. The lowest BCUT2D eigenvalue weighted by Gasteiger charge is -2.30. The van der Waals surface area contributed by atoms with Crippen LogP contribution in [-0.2, 0) is 13.1 Å². The molecule has 0 spiro atoms. The Labute approximate surface area is 144 Å². The zero-order valence-corrected chi connectivity index (χ0v) is 14.4. The number of piperidine rings is 2.